The molecule has 108 valence electrons. The maximum Gasteiger partial charge on any atom is 0.226 e. The maximum atomic E-state index is 9.52. The molecule has 0 unspecified atom stereocenters. The number of halogens is 1. The summed E-state index contributed by atoms with van der Waals surface area (Å²) in [7, 11) is 0. The van der Waals surface area contributed by atoms with Gasteiger partial charge in [-0.25, -0.2) is 4.98 Å². The smallest absolute Gasteiger partial charge is 0.226 e. The molecular weight excluding hydrogens is 282 g/mol. The van der Waals surface area contributed by atoms with E-state index in [1.807, 2.05) is 0 Å². The first-order chi connectivity index (χ1) is 9.65. The molecule has 0 aliphatic carbocycles. The van der Waals surface area contributed by atoms with Crippen LogP contribution in [0.2, 0.25) is 5.28 Å². The molecular formula is C12H16ClN5O2. The van der Waals surface area contributed by atoms with Gasteiger partial charge in [0.2, 0.25) is 5.28 Å². The molecule has 0 amide bonds. The molecule has 0 spiro atoms. The number of aliphatic hydroxyl groups is 1. The van der Waals surface area contributed by atoms with E-state index < -0.39 is 6.10 Å². The van der Waals surface area contributed by atoms with Crippen molar-refractivity contribution in [2.45, 2.75) is 19.6 Å². The largest absolute Gasteiger partial charge is 0.392 e. The van der Waals surface area contributed by atoms with Gasteiger partial charge in [0.05, 0.1) is 32.2 Å². The average molecular weight is 298 g/mol. The summed E-state index contributed by atoms with van der Waals surface area (Å²) in [5.74, 6) is 0.729. The molecule has 7 nitrogen and oxygen atoms in total. The van der Waals surface area contributed by atoms with Crippen molar-refractivity contribution in [2.75, 3.05) is 31.2 Å². The molecule has 8 heteroatoms. The van der Waals surface area contributed by atoms with Crippen molar-refractivity contribution >= 4 is 28.6 Å². The van der Waals surface area contributed by atoms with Gasteiger partial charge < -0.3 is 19.3 Å². The molecule has 0 radical (unpaired) electrons. The highest BCUT2D eigenvalue weighted by Crippen LogP contribution is 2.25. The van der Waals surface area contributed by atoms with Crippen LogP contribution in [0.5, 0.6) is 0 Å². The molecule has 1 atom stereocenters. The standard InChI is InChI=1S/C12H16ClN5O2/c1-8(19)6-18-7-14-9-10(15-12(13)16-11(9)18)17-2-4-20-5-3-17/h7-8,19H,2-6H2,1H3/t8-/m0/s1. The van der Waals surface area contributed by atoms with Crippen molar-refractivity contribution in [1.82, 2.24) is 19.5 Å². The Hall–Kier alpha value is -1.44. The first-order valence-corrected chi connectivity index (χ1v) is 6.92. The maximum absolute atomic E-state index is 9.52. The van der Waals surface area contributed by atoms with Crippen molar-refractivity contribution in [3.8, 4) is 0 Å². The molecule has 3 rings (SSSR count). The number of anilines is 1. The Labute approximate surface area is 121 Å². The van der Waals surface area contributed by atoms with E-state index in [-0.39, 0.29) is 5.28 Å². The fourth-order valence-corrected chi connectivity index (χ4v) is 2.48. The number of aromatic nitrogens is 4. The Kier molecular flexibility index (Phi) is 3.73. The Morgan fingerprint density at radius 1 is 1.40 bits per heavy atom. The molecule has 1 aliphatic heterocycles. The Bertz CT molecular complexity index is 609. The van der Waals surface area contributed by atoms with E-state index in [0.29, 0.717) is 30.9 Å². The Balaban J connectivity index is 2.05. The van der Waals surface area contributed by atoms with Crippen molar-refractivity contribution in [3.63, 3.8) is 0 Å². The summed E-state index contributed by atoms with van der Waals surface area (Å²) in [6.07, 6.45) is 1.18. The van der Waals surface area contributed by atoms with Crippen molar-refractivity contribution in [2.24, 2.45) is 0 Å². The SMILES string of the molecule is C[C@H](O)Cn1cnc2c(N3CCOCC3)nc(Cl)nc21. The second-order valence-corrected chi connectivity index (χ2v) is 5.17. The van der Waals surface area contributed by atoms with Gasteiger partial charge >= 0.3 is 0 Å². The van der Waals surface area contributed by atoms with Gasteiger partial charge in [-0.15, -0.1) is 0 Å². The highest BCUT2D eigenvalue weighted by molar-refractivity contribution is 6.28. The van der Waals surface area contributed by atoms with Crippen molar-refractivity contribution in [3.05, 3.63) is 11.6 Å². The van der Waals surface area contributed by atoms with Gasteiger partial charge in [0.25, 0.3) is 0 Å². The monoisotopic (exact) mass is 297 g/mol. The zero-order valence-electron chi connectivity index (χ0n) is 11.2. The summed E-state index contributed by atoms with van der Waals surface area (Å²) in [6, 6.07) is 0. The van der Waals surface area contributed by atoms with Crippen LogP contribution in [-0.4, -0.2) is 57.0 Å². The van der Waals surface area contributed by atoms with Gasteiger partial charge in [0.15, 0.2) is 17.0 Å². The van der Waals surface area contributed by atoms with Gasteiger partial charge in [0, 0.05) is 13.1 Å². The van der Waals surface area contributed by atoms with E-state index >= 15 is 0 Å². The van der Waals surface area contributed by atoms with E-state index in [9.17, 15) is 5.11 Å². The number of ether oxygens (including phenoxy) is 1. The zero-order chi connectivity index (χ0) is 14.1. The minimum atomic E-state index is -0.479. The lowest BCUT2D eigenvalue weighted by atomic mass is 10.3. The lowest BCUT2D eigenvalue weighted by molar-refractivity contribution is 0.122. The van der Waals surface area contributed by atoms with Crippen LogP contribution >= 0.6 is 11.6 Å². The third-order valence-corrected chi connectivity index (χ3v) is 3.36. The Morgan fingerprint density at radius 2 is 2.15 bits per heavy atom. The van der Waals surface area contributed by atoms with E-state index in [1.165, 1.54) is 0 Å². The van der Waals surface area contributed by atoms with Crippen LogP contribution in [0.1, 0.15) is 6.92 Å². The molecule has 0 saturated carbocycles. The molecule has 3 heterocycles. The first-order valence-electron chi connectivity index (χ1n) is 6.54. The van der Waals surface area contributed by atoms with Gasteiger partial charge in [0.1, 0.15) is 0 Å². The Morgan fingerprint density at radius 3 is 2.85 bits per heavy atom. The van der Waals surface area contributed by atoms with E-state index in [2.05, 4.69) is 19.9 Å². The molecule has 1 N–H and O–H groups in total. The predicted octanol–water partition coefficient (Wildman–Crippen LogP) is 0.697. The highest BCUT2D eigenvalue weighted by atomic mass is 35.5. The van der Waals surface area contributed by atoms with E-state index in [0.717, 1.165) is 18.9 Å². The number of hydrogen-bond acceptors (Lipinski definition) is 6. The number of fused-ring (bicyclic) bond motifs is 1. The van der Waals surface area contributed by atoms with Gasteiger partial charge in [-0.2, -0.15) is 9.97 Å². The van der Waals surface area contributed by atoms with Crippen molar-refractivity contribution in [1.29, 1.82) is 0 Å². The van der Waals surface area contributed by atoms with Crippen LogP contribution in [0.15, 0.2) is 6.33 Å². The van der Waals surface area contributed by atoms with Crippen LogP contribution in [-0.2, 0) is 11.3 Å². The lowest BCUT2D eigenvalue weighted by Gasteiger charge is -2.27. The van der Waals surface area contributed by atoms with Crippen LogP contribution in [0.4, 0.5) is 5.82 Å². The average Bonchev–Trinajstić information content (AvgIpc) is 2.81. The van der Waals surface area contributed by atoms with Gasteiger partial charge in [-0.3, -0.25) is 0 Å². The number of aliphatic hydroxyl groups excluding tert-OH is 1. The van der Waals surface area contributed by atoms with Crippen LogP contribution in [0.25, 0.3) is 11.2 Å². The predicted molar refractivity (Wildman–Crippen MR) is 75.0 cm³/mol. The first kappa shape index (κ1) is 13.5. The molecule has 2 aromatic heterocycles. The summed E-state index contributed by atoms with van der Waals surface area (Å²) in [6.45, 7) is 4.98. The molecule has 0 aromatic carbocycles. The summed E-state index contributed by atoms with van der Waals surface area (Å²) in [5, 5.41) is 9.71. The summed E-state index contributed by atoms with van der Waals surface area (Å²) in [4.78, 5) is 15.0. The van der Waals surface area contributed by atoms with E-state index in [1.54, 1.807) is 17.8 Å². The summed E-state index contributed by atoms with van der Waals surface area (Å²) < 4.78 is 7.13. The van der Waals surface area contributed by atoms with Crippen molar-refractivity contribution < 1.29 is 9.84 Å². The number of hydrogen-bond donors (Lipinski definition) is 1. The quantitative estimate of drug-likeness (QED) is 0.840. The second kappa shape index (κ2) is 5.51. The third kappa shape index (κ3) is 2.56. The number of nitrogens with zero attached hydrogens (tertiary/aromatic N) is 5. The minimum absolute atomic E-state index is 0.186. The molecule has 1 saturated heterocycles. The van der Waals surface area contributed by atoms with Gasteiger partial charge in [-0.1, -0.05) is 0 Å². The molecule has 1 aliphatic rings. The summed E-state index contributed by atoms with van der Waals surface area (Å²) >= 11 is 6.02. The van der Waals surface area contributed by atoms with Crippen LogP contribution in [0, 0.1) is 0 Å². The zero-order valence-corrected chi connectivity index (χ0v) is 11.9. The van der Waals surface area contributed by atoms with Crippen LogP contribution < -0.4 is 4.90 Å². The second-order valence-electron chi connectivity index (χ2n) is 4.83. The molecule has 2 aromatic rings. The molecule has 20 heavy (non-hydrogen) atoms. The lowest BCUT2D eigenvalue weighted by Crippen LogP contribution is -2.37. The van der Waals surface area contributed by atoms with Gasteiger partial charge in [-0.05, 0) is 18.5 Å². The number of rotatable bonds is 3. The molecule has 0 bridgehead atoms. The van der Waals surface area contributed by atoms with E-state index in [4.69, 9.17) is 16.3 Å². The number of imidazole rings is 1. The topological polar surface area (TPSA) is 76.3 Å². The highest BCUT2D eigenvalue weighted by Gasteiger charge is 2.20. The fourth-order valence-electron chi connectivity index (χ4n) is 2.32. The summed E-state index contributed by atoms with van der Waals surface area (Å²) in [5.41, 5.74) is 1.35. The normalized spacial score (nSPS) is 17.6. The molecule has 1 fully saturated rings. The minimum Gasteiger partial charge on any atom is -0.392 e. The third-order valence-electron chi connectivity index (χ3n) is 3.19. The van der Waals surface area contributed by atoms with Crippen LogP contribution in [0.3, 0.4) is 0 Å². The fraction of sp³-hybridized carbons (Fsp3) is 0.583. The number of morpholine rings is 1.